The number of para-hydroxylation sites is 1. The predicted molar refractivity (Wildman–Crippen MR) is 80.1 cm³/mol. The molecule has 0 atom stereocenters. The molecule has 20 heavy (non-hydrogen) atoms. The van der Waals surface area contributed by atoms with Crippen LogP contribution in [0.25, 0.3) is 5.76 Å². The van der Waals surface area contributed by atoms with E-state index < -0.39 is 0 Å². The fourth-order valence-electron chi connectivity index (χ4n) is 1.78. The van der Waals surface area contributed by atoms with Gasteiger partial charge in [-0.15, -0.1) is 0 Å². The molecule has 0 fully saturated rings. The Morgan fingerprint density at radius 3 is 2.55 bits per heavy atom. The van der Waals surface area contributed by atoms with E-state index in [-0.39, 0.29) is 0 Å². The summed E-state index contributed by atoms with van der Waals surface area (Å²) in [6.07, 6.45) is 1.96. The minimum Gasteiger partial charge on any atom is -0.456 e. The topological polar surface area (TPSA) is 45.0 Å². The van der Waals surface area contributed by atoms with Gasteiger partial charge >= 0.3 is 0 Å². The van der Waals surface area contributed by atoms with Crippen LogP contribution in [0.3, 0.4) is 0 Å². The minimum absolute atomic E-state index is 0.527. The van der Waals surface area contributed by atoms with Crippen LogP contribution in [0.4, 0.5) is 0 Å². The first kappa shape index (κ1) is 13.9. The number of nitrogens with one attached hydrogen (secondary N) is 1. The number of benzene rings is 2. The van der Waals surface area contributed by atoms with E-state index in [2.05, 4.69) is 11.4 Å². The SMILES string of the molecule is CNCC=C(Oc1ccccc1C#N)c1ccccc1. The summed E-state index contributed by atoms with van der Waals surface area (Å²) in [5.41, 5.74) is 1.51. The number of hydrogen-bond donors (Lipinski definition) is 1. The zero-order valence-corrected chi connectivity index (χ0v) is 11.3. The van der Waals surface area contributed by atoms with Gasteiger partial charge in [-0.2, -0.15) is 5.26 Å². The zero-order chi connectivity index (χ0) is 14.2. The van der Waals surface area contributed by atoms with E-state index in [1.807, 2.05) is 55.6 Å². The van der Waals surface area contributed by atoms with Gasteiger partial charge in [0.1, 0.15) is 17.6 Å². The van der Waals surface area contributed by atoms with Gasteiger partial charge < -0.3 is 10.1 Å². The number of rotatable bonds is 5. The van der Waals surface area contributed by atoms with Gasteiger partial charge in [-0.3, -0.25) is 0 Å². The summed E-state index contributed by atoms with van der Waals surface area (Å²) in [5, 5.41) is 12.2. The third-order valence-corrected chi connectivity index (χ3v) is 2.78. The van der Waals surface area contributed by atoms with Crippen molar-refractivity contribution in [3.05, 3.63) is 71.8 Å². The maximum Gasteiger partial charge on any atom is 0.145 e. The molecule has 3 heteroatoms. The second kappa shape index (κ2) is 7.13. The van der Waals surface area contributed by atoms with Crippen LogP contribution in [0.15, 0.2) is 60.7 Å². The number of nitriles is 1. The van der Waals surface area contributed by atoms with Gasteiger partial charge in [0.2, 0.25) is 0 Å². The third-order valence-electron chi connectivity index (χ3n) is 2.78. The van der Waals surface area contributed by atoms with Crippen LogP contribution < -0.4 is 10.1 Å². The van der Waals surface area contributed by atoms with Crippen molar-refractivity contribution in [2.24, 2.45) is 0 Å². The summed E-state index contributed by atoms with van der Waals surface area (Å²) in [6, 6.07) is 19.2. The number of ether oxygens (including phenoxy) is 1. The third kappa shape index (κ3) is 3.47. The van der Waals surface area contributed by atoms with Crippen molar-refractivity contribution in [3.8, 4) is 11.8 Å². The standard InChI is InChI=1S/C17H16N2O/c1-19-12-11-17(14-7-3-2-4-8-14)20-16-10-6-5-9-15(16)13-18/h2-11,19H,12H2,1H3. The van der Waals surface area contributed by atoms with E-state index >= 15 is 0 Å². The molecule has 100 valence electrons. The monoisotopic (exact) mass is 264 g/mol. The molecule has 0 saturated heterocycles. The Morgan fingerprint density at radius 1 is 1.15 bits per heavy atom. The Balaban J connectivity index is 2.32. The highest BCUT2D eigenvalue weighted by atomic mass is 16.5. The number of nitrogens with zero attached hydrogens (tertiary/aromatic N) is 1. The lowest BCUT2D eigenvalue weighted by Gasteiger charge is -2.11. The summed E-state index contributed by atoms with van der Waals surface area (Å²) < 4.78 is 5.92. The van der Waals surface area contributed by atoms with E-state index in [1.165, 1.54) is 0 Å². The molecule has 0 aromatic heterocycles. The van der Waals surface area contributed by atoms with E-state index in [0.717, 1.165) is 11.3 Å². The molecule has 2 aromatic rings. The molecule has 3 nitrogen and oxygen atoms in total. The average Bonchev–Trinajstić information content (AvgIpc) is 2.52. The van der Waals surface area contributed by atoms with Crippen LogP contribution in [-0.2, 0) is 0 Å². The first-order valence-electron chi connectivity index (χ1n) is 6.42. The molecule has 0 heterocycles. The van der Waals surface area contributed by atoms with Crippen molar-refractivity contribution in [1.29, 1.82) is 5.26 Å². The highest BCUT2D eigenvalue weighted by Gasteiger charge is 2.07. The summed E-state index contributed by atoms with van der Waals surface area (Å²) in [7, 11) is 1.88. The fourth-order valence-corrected chi connectivity index (χ4v) is 1.78. The Hall–Kier alpha value is -2.57. The van der Waals surface area contributed by atoms with Gasteiger partial charge in [-0.1, -0.05) is 42.5 Å². The predicted octanol–water partition coefficient (Wildman–Crippen LogP) is 3.20. The maximum absolute atomic E-state index is 9.12. The van der Waals surface area contributed by atoms with Crippen LogP contribution in [-0.4, -0.2) is 13.6 Å². The summed E-state index contributed by atoms with van der Waals surface area (Å²) in [6.45, 7) is 0.693. The zero-order valence-electron chi connectivity index (χ0n) is 11.3. The molecule has 0 aliphatic rings. The van der Waals surface area contributed by atoms with Gasteiger partial charge in [0.05, 0.1) is 5.56 Å². The summed E-state index contributed by atoms with van der Waals surface area (Å²) in [4.78, 5) is 0. The molecule has 1 N–H and O–H groups in total. The molecule has 0 saturated carbocycles. The molecule has 0 amide bonds. The van der Waals surface area contributed by atoms with Crippen molar-refractivity contribution in [1.82, 2.24) is 5.32 Å². The van der Waals surface area contributed by atoms with E-state index in [9.17, 15) is 0 Å². The van der Waals surface area contributed by atoms with Crippen molar-refractivity contribution in [2.75, 3.05) is 13.6 Å². The Kier molecular flexibility index (Phi) is 4.94. The minimum atomic E-state index is 0.527. The smallest absolute Gasteiger partial charge is 0.145 e. The molecule has 0 aliphatic carbocycles. The maximum atomic E-state index is 9.12. The second-order valence-corrected chi connectivity index (χ2v) is 4.20. The normalized spacial score (nSPS) is 10.9. The van der Waals surface area contributed by atoms with Crippen molar-refractivity contribution < 1.29 is 4.74 Å². The average molecular weight is 264 g/mol. The quantitative estimate of drug-likeness (QED) is 0.843. The van der Waals surface area contributed by atoms with Crippen molar-refractivity contribution >= 4 is 5.76 Å². The van der Waals surface area contributed by atoms with E-state index in [0.29, 0.717) is 17.9 Å². The molecule has 2 aromatic carbocycles. The van der Waals surface area contributed by atoms with Gasteiger partial charge in [-0.25, -0.2) is 0 Å². The van der Waals surface area contributed by atoms with Gasteiger partial charge in [-0.05, 0) is 25.3 Å². The summed E-state index contributed by atoms with van der Waals surface area (Å²) in [5.74, 6) is 1.31. The van der Waals surface area contributed by atoms with Gasteiger partial charge in [0, 0.05) is 12.1 Å². The lowest BCUT2D eigenvalue weighted by molar-refractivity contribution is 0.511. The van der Waals surface area contributed by atoms with Crippen LogP contribution in [0.1, 0.15) is 11.1 Å². The highest BCUT2D eigenvalue weighted by Crippen LogP contribution is 2.24. The summed E-state index contributed by atoms with van der Waals surface area (Å²) >= 11 is 0. The highest BCUT2D eigenvalue weighted by molar-refractivity contribution is 5.63. The molecular weight excluding hydrogens is 248 g/mol. The van der Waals surface area contributed by atoms with E-state index in [4.69, 9.17) is 10.00 Å². The fraction of sp³-hybridized carbons (Fsp3) is 0.118. The van der Waals surface area contributed by atoms with Crippen LogP contribution in [0.2, 0.25) is 0 Å². The largest absolute Gasteiger partial charge is 0.456 e. The first-order valence-corrected chi connectivity index (χ1v) is 6.42. The molecular formula is C17H16N2O. The molecule has 0 unspecified atom stereocenters. The van der Waals surface area contributed by atoms with E-state index in [1.54, 1.807) is 12.1 Å². The van der Waals surface area contributed by atoms with Crippen LogP contribution in [0, 0.1) is 11.3 Å². The van der Waals surface area contributed by atoms with Gasteiger partial charge in [0.15, 0.2) is 0 Å². The van der Waals surface area contributed by atoms with Crippen LogP contribution >= 0.6 is 0 Å². The molecule has 0 bridgehead atoms. The molecule has 0 radical (unpaired) electrons. The van der Waals surface area contributed by atoms with Crippen molar-refractivity contribution in [3.63, 3.8) is 0 Å². The first-order chi connectivity index (χ1) is 9.85. The van der Waals surface area contributed by atoms with Gasteiger partial charge in [0.25, 0.3) is 0 Å². The Morgan fingerprint density at radius 2 is 1.85 bits per heavy atom. The number of likely N-dealkylation sites (N-methyl/N-ethyl adjacent to an activating group) is 1. The Bertz CT molecular complexity index is 627. The Labute approximate surface area is 119 Å². The lowest BCUT2D eigenvalue weighted by atomic mass is 10.1. The van der Waals surface area contributed by atoms with Crippen molar-refractivity contribution in [2.45, 2.75) is 0 Å². The number of hydrogen-bond acceptors (Lipinski definition) is 3. The second-order valence-electron chi connectivity index (χ2n) is 4.20. The molecule has 0 spiro atoms. The lowest BCUT2D eigenvalue weighted by Crippen LogP contribution is -2.07. The molecule has 2 rings (SSSR count). The molecule has 0 aliphatic heterocycles. The van der Waals surface area contributed by atoms with Crippen LogP contribution in [0.5, 0.6) is 5.75 Å².